The molecule has 35 heavy (non-hydrogen) atoms. The maximum atomic E-state index is 13.6. The molecule has 2 amide bonds. The third kappa shape index (κ3) is 8.06. The molecule has 0 saturated carbocycles. The van der Waals surface area contributed by atoms with Gasteiger partial charge >= 0.3 is 0 Å². The Morgan fingerprint density at radius 1 is 0.886 bits per heavy atom. The van der Waals surface area contributed by atoms with E-state index in [4.69, 9.17) is 0 Å². The normalized spacial score (nSPS) is 12.6. The first-order valence-electron chi connectivity index (χ1n) is 12.3. The molecule has 4 nitrogen and oxygen atoms in total. The minimum absolute atomic E-state index is 0.00361. The van der Waals surface area contributed by atoms with E-state index >= 15 is 0 Å². The Kier molecular flexibility index (Phi) is 9.59. The van der Waals surface area contributed by atoms with Crippen LogP contribution in [-0.2, 0) is 29.0 Å². The number of carbonyl (C=O) groups excluding carboxylic acids is 2. The Hall–Kier alpha value is -3.47. The average molecular weight is 475 g/mol. The summed E-state index contributed by atoms with van der Waals surface area (Å²) in [4.78, 5) is 28.7. The van der Waals surface area contributed by atoms with Gasteiger partial charge in [0.05, 0.1) is 0 Å². The third-order valence-corrected chi connectivity index (χ3v) is 6.29. The van der Waals surface area contributed by atoms with Gasteiger partial charge in [-0.3, -0.25) is 9.59 Å². The van der Waals surface area contributed by atoms with Crippen LogP contribution < -0.4 is 5.32 Å². The van der Waals surface area contributed by atoms with E-state index in [1.807, 2.05) is 75.4 Å². The standard InChI is InChI=1S/C30H35FN2O2/c1-4-23(3)32-30(35)28(20-25-8-6-5-7-9-25)33(21-26-14-17-27(31)18-15-26)29(34)19-16-24-12-10-22(2)11-13-24/h5-15,17-18,23,28H,4,16,19-21H2,1-3H3,(H,32,35). The highest BCUT2D eigenvalue weighted by molar-refractivity contribution is 5.88. The Balaban J connectivity index is 1.89. The van der Waals surface area contributed by atoms with Crippen LogP contribution in [0.1, 0.15) is 48.9 Å². The fraction of sp³-hybridized carbons (Fsp3) is 0.333. The molecule has 5 heteroatoms. The lowest BCUT2D eigenvalue weighted by Crippen LogP contribution is -2.52. The van der Waals surface area contributed by atoms with Crippen molar-refractivity contribution in [3.8, 4) is 0 Å². The van der Waals surface area contributed by atoms with Crippen molar-refractivity contribution >= 4 is 11.8 Å². The molecule has 1 N–H and O–H groups in total. The highest BCUT2D eigenvalue weighted by Gasteiger charge is 2.30. The molecule has 0 aliphatic carbocycles. The topological polar surface area (TPSA) is 49.4 Å². The number of hydrogen-bond acceptors (Lipinski definition) is 2. The number of hydrogen-bond donors (Lipinski definition) is 1. The molecule has 0 spiro atoms. The van der Waals surface area contributed by atoms with E-state index in [2.05, 4.69) is 5.32 Å². The van der Waals surface area contributed by atoms with Crippen LogP contribution in [0.4, 0.5) is 4.39 Å². The van der Waals surface area contributed by atoms with Crippen LogP contribution in [0, 0.1) is 12.7 Å². The van der Waals surface area contributed by atoms with Crippen molar-refractivity contribution in [1.29, 1.82) is 0 Å². The summed E-state index contributed by atoms with van der Waals surface area (Å²) in [6.07, 6.45) is 2.07. The van der Waals surface area contributed by atoms with E-state index in [1.165, 1.54) is 17.7 Å². The Labute approximate surface area is 208 Å². The van der Waals surface area contributed by atoms with Crippen molar-refractivity contribution in [3.05, 3.63) is 107 Å². The minimum Gasteiger partial charge on any atom is -0.352 e. The lowest BCUT2D eigenvalue weighted by Gasteiger charge is -2.32. The maximum absolute atomic E-state index is 13.6. The van der Waals surface area contributed by atoms with Gasteiger partial charge in [-0.2, -0.15) is 0 Å². The van der Waals surface area contributed by atoms with Crippen LogP contribution in [0.2, 0.25) is 0 Å². The lowest BCUT2D eigenvalue weighted by atomic mass is 10.0. The van der Waals surface area contributed by atoms with E-state index < -0.39 is 6.04 Å². The molecule has 2 unspecified atom stereocenters. The summed E-state index contributed by atoms with van der Waals surface area (Å²) in [5.41, 5.74) is 4.01. The minimum atomic E-state index is -0.679. The molecule has 184 valence electrons. The number of halogens is 1. The molecule has 0 fully saturated rings. The number of nitrogens with zero attached hydrogens (tertiary/aromatic N) is 1. The quantitative estimate of drug-likeness (QED) is 0.392. The largest absolute Gasteiger partial charge is 0.352 e. The van der Waals surface area contributed by atoms with Gasteiger partial charge in [0.25, 0.3) is 0 Å². The number of aryl methyl sites for hydroxylation is 2. The zero-order valence-corrected chi connectivity index (χ0v) is 20.8. The highest BCUT2D eigenvalue weighted by Crippen LogP contribution is 2.18. The van der Waals surface area contributed by atoms with Crippen molar-refractivity contribution in [2.45, 2.75) is 65.1 Å². The smallest absolute Gasteiger partial charge is 0.243 e. The summed E-state index contributed by atoms with van der Waals surface area (Å²) in [7, 11) is 0. The van der Waals surface area contributed by atoms with Gasteiger partial charge in [-0.25, -0.2) is 4.39 Å². The second-order valence-corrected chi connectivity index (χ2v) is 9.16. The van der Waals surface area contributed by atoms with Gasteiger partial charge in [0.15, 0.2) is 0 Å². The summed E-state index contributed by atoms with van der Waals surface area (Å²) >= 11 is 0. The van der Waals surface area contributed by atoms with Crippen LogP contribution in [0.3, 0.4) is 0 Å². The van der Waals surface area contributed by atoms with E-state index in [1.54, 1.807) is 17.0 Å². The van der Waals surface area contributed by atoms with Gasteiger partial charge < -0.3 is 10.2 Å². The number of nitrogens with one attached hydrogen (secondary N) is 1. The molecule has 0 bridgehead atoms. The second kappa shape index (κ2) is 12.8. The predicted octanol–water partition coefficient (Wildman–Crippen LogP) is 5.62. The molecule has 3 aromatic carbocycles. The van der Waals surface area contributed by atoms with Crippen molar-refractivity contribution in [3.63, 3.8) is 0 Å². The van der Waals surface area contributed by atoms with Gasteiger partial charge in [0.2, 0.25) is 11.8 Å². The average Bonchev–Trinajstić information content (AvgIpc) is 2.87. The van der Waals surface area contributed by atoms with Crippen molar-refractivity contribution in [2.75, 3.05) is 0 Å². The van der Waals surface area contributed by atoms with E-state index in [9.17, 15) is 14.0 Å². The molecule has 3 rings (SSSR count). The first-order chi connectivity index (χ1) is 16.9. The Morgan fingerprint density at radius 2 is 1.51 bits per heavy atom. The number of amides is 2. The summed E-state index contributed by atoms with van der Waals surface area (Å²) in [6.45, 7) is 6.24. The molecule has 0 saturated heterocycles. The fourth-order valence-electron chi connectivity index (χ4n) is 3.93. The van der Waals surface area contributed by atoms with Crippen LogP contribution in [0.5, 0.6) is 0 Å². The van der Waals surface area contributed by atoms with E-state index in [0.29, 0.717) is 12.8 Å². The molecular weight excluding hydrogens is 439 g/mol. The van der Waals surface area contributed by atoms with Gasteiger partial charge in [0, 0.05) is 25.4 Å². The predicted molar refractivity (Wildman–Crippen MR) is 138 cm³/mol. The fourth-order valence-corrected chi connectivity index (χ4v) is 3.93. The van der Waals surface area contributed by atoms with Crippen molar-refractivity contribution in [1.82, 2.24) is 10.2 Å². The van der Waals surface area contributed by atoms with Gasteiger partial charge in [0.1, 0.15) is 11.9 Å². The molecular formula is C30H35FN2O2. The third-order valence-electron chi connectivity index (χ3n) is 6.29. The number of benzene rings is 3. The molecule has 2 atom stereocenters. The summed E-state index contributed by atoms with van der Waals surface area (Å²) in [5, 5.41) is 3.07. The molecule has 0 aromatic heterocycles. The van der Waals surface area contributed by atoms with Gasteiger partial charge in [-0.1, -0.05) is 79.2 Å². The SMILES string of the molecule is CCC(C)NC(=O)C(Cc1ccccc1)N(Cc1ccc(F)cc1)C(=O)CCc1ccc(C)cc1. The Morgan fingerprint density at radius 3 is 2.14 bits per heavy atom. The zero-order valence-electron chi connectivity index (χ0n) is 20.8. The van der Waals surface area contributed by atoms with Crippen molar-refractivity contribution in [2.24, 2.45) is 0 Å². The van der Waals surface area contributed by atoms with Crippen LogP contribution in [0.15, 0.2) is 78.9 Å². The van der Waals surface area contributed by atoms with Crippen LogP contribution in [-0.4, -0.2) is 28.8 Å². The number of rotatable bonds is 11. The van der Waals surface area contributed by atoms with E-state index in [-0.39, 0.29) is 36.6 Å². The van der Waals surface area contributed by atoms with E-state index in [0.717, 1.165) is 23.1 Å². The number of carbonyl (C=O) groups is 2. The van der Waals surface area contributed by atoms with Crippen LogP contribution >= 0.6 is 0 Å². The van der Waals surface area contributed by atoms with Crippen molar-refractivity contribution < 1.29 is 14.0 Å². The van der Waals surface area contributed by atoms with Gasteiger partial charge in [-0.05, 0) is 55.5 Å². The Bertz CT molecular complexity index is 1080. The highest BCUT2D eigenvalue weighted by atomic mass is 19.1. The molecule has 3 aromatic rings. The lowest BCUT2D eigenvalue weighted by molar-refractivity contribution is -0.141. The molecule has 0 aliphatic rings. The second-order valence-electron chi connectivity index (χ2n) is 9.16. The monoisotopic (exact) mass is 474 g/mol. The van der Waals surface area contributed by atoms with Gasteiger partial charge in [-0.15, -0.1) is 0 Å². The molecule has 0 aliphatic heterocycles. The summed E-state index contributed by atoms with van der Waals surface area (Å²) < 4.78 is 13.5. The first-order valence-corrected chi connectivity index (χ1v) is 12.3. The summed E-state index contributed by atoms with van der Waals surface area (Å²) in [5.74, 6) is -0.606. The summed E-state index contributed by atoms with van der Waals surface area (Å²) in [6, 6.07) is 23.3. The maximum Gasteiger partial charge on any atom is 0.243 e. The first kappa shape index (κ1) is 26.1. The zero-order chi connectivity index (χ0) is 25.2. The van der Waals surface area contributed by atoms with Crippen LogP contribution in [0.25, 0.3) is 0 Å². The molecule has 0 radical (unpaired) electrons. The molecule has 0 heterocycles.